The molecule has 0 saturated carbocycles. The van der Waals surface area contributed by atoms with E-state index in [1.165, 1.54) is 12.1 Å². The van der Waals surface area contributed by atoms with E-state index in [9.17, 15) is 9.59 Å². The highest BCUT2D eigenvalue weighted by Gasteiger charge is 2.14. The maximum absolute atomic E-state index is 12.0. The van der Waals surface area contributed by atoms with Gasteiger partial charge in [0.25, 0.3) is 5.91 Å². The molecule has 0 radical (unpaired) electrons. The standard InChI is InChI=1S/C16H10Cl3N3O3/c17-10-4-11(18)15(12(19)5-10)21-14(23)7-25-16(24)8-1-2-9-6-20-22-13(9)3-8/h1-6H,7H2,(H,20,22)(H,21,23). The average Bonchev–Trinajstić information content (AvgIpc) is 3.03. The number of carbonyl (C=O) groups is 2. The molecule has 25 heavy (non-hydrogen) atoms. The van der Waals surface area contributed by atoms with Crippen molar-refractivity contribution in [3.63, 3.8) is 0 Å². The lowest BCUT2D eigenvalue weighted by Gasteiger charge is -2.10. The van der Waals surface area contributed by atoms with Gasteiger partial charge in [-0.05, 0) is 24.3 Å². The maximum Gasteiger partial charge on any atom is 0.338 e. The number of H-pyrrole nitrogens is 1. The lowest BCUT2D eigenvalue weighted by atomic mass is 10.2. The Morgan fingerprint density at radius 1 is 1.12 bits per heavy atom. The molecule has 128 valence electrons. The number of aromatic nitrogens is 2. The Morgan fingerprint density at radius 2 is 1.84 bits per heavy atom. The van der Waals surface area contributed by atoms with E-state index in [-0.39, 0.29) is 15.7 Å². The topological polar surface area (TPSA) is 84.1 Å². The summed E-state index contributed by atoms with van der Waals surface area (Å²) in [5, 5.41) is 10.7. The highest BCUT2D eigenvalue weighted by atomic mass is 35.5. The monoisotopic (exact) mass is 397 g/mol. The van der Waals surface area contributed by atoms with Crippen LogP contribution in [-0.2, 0) is 9.53 Å². The first-order valence-electron chi connectivity index (χ1n) is 6.98. The van der Waals surface area contributed by atoms with Gasteiger partial charge in [0.1, 0.15) is 0 Å². The molecule has 2 aromatic carbocycles. The van der Waals surface area contributed by atoms with Crippen LogP contribution >= 0.6 is 34.8 Å². The number of nitrogens with one attached hydrogen (secondary N) is 2. The van der Waals surface area contributed by atoms with Gasteiger partial charge >= 0.3 is 5.97 Å². The zero-order valence-electron chi connectivity index (χ0n) is 12.5. The van der Waals surface area contributed by atoms with Crippen LogP contribution in [0.2, 0.25) is 15.1 Å². The van der Waals surface area contributed by atoms with Crippen molar-refractivity contribution in [3.05, 3.63) is 57.2 Å². The summed E-state index contributed by atoms with van der Waals surface area (Å²) in [6, 6.07) is 7.79. The summed E-state index contributed by atoms with van der Waals surface area (Å²) in [4.78, 5) is 24.0. The quantitative estimate of drug-likeness (QED) is 0.641. The summed E-state index contributed by atoms with van der Waals surface area (Å²) < 4.78 is 4.99. The van der Waals surface area contributed by atoms with E-state index < -0.39 is 18.5 Å². The number of aromatic amines is 1. The smallest absolute Gasteiger partial charge is 0.338 e. The fourth-order valence-electron chi connectivity index (χ4n) is 2.12. The molecule has 1 heterocycles. The van der Waals surface area contributed by atoms with Crippen molar-refractivity contribution in [1.29, 1.82) is 0 Å². The first-order chi connectivity index (χ1) is 11.9. The van der Waals surface area contributed by atoms with Crippen LogP contribution in [0.25, 0.3) is 10.9 Å². The lowest BCUT2D eigenvalue weighted by Crippen LogP contribution is -2.21. The van der Waals surface area contributed by atoms with Crippen molar-refractivity contribution in [3.8, 4) is 0 Å². The molecule has 3 rings (SSSR count). The third kappa shape index (κ3) is 4.04. The predicted molar refractivity (Wildman–Crippen MR) is 96.5 cm³/mol. The predicted octanol–water partition coefficient (Wildman–Crippen LogP) is 4.32. The van der Waals surface area contributed by atoms with Crippen molar-refractivity contribution in [1.82, 2.24) is 10.2 Å². The van der Waals surface area contributed by atoms with Crippen LogP contribution < -0.4 is 5.32 Å². The average molecular weight is 399 g/mol. The molecular weight excluding hydrogens is 389 g/mol. The molecule has 0 saturated heterocycles. The van der Waals surface area contributed by atoms with Crippen LogP contribution in [0.1, 0.15) is 10.4 Å². The first-order valence-corrected chi connectivity index (χ1v) is 8.12. The summed E-state index contributed by atoms with van der Waals surface area (Å²) >= 11 is 17.8. The highest BCUT2D eigenvalue weighted by molar-refractivity contribution is 6.42. The van der Waals surface area contributed by atoms with E-state index in [0.29, 0.717) is 16.1 Å². The number of esters is 1. The number of benzene rings is 2. The molecule has 0 bridgehead atoms. The molecular formula is C16H10Cl3N3O3. The fourth-order valence-corrected chi connectivity index (χ4v) is 3.03. The molecule has 6 nitrogen and oxygen atoms in total. The van der Waals surface area contributed by atoms with E-state index >= 15 is 0 Å². The van der Waals surface area contributed by atoms with Crippen molar-refractivity contribution in [2.45, 2.75) is 0 Å². The van der Waals surface area contributed by atoms with Gasteiger partial charge < -0.3 is 10.1 Å². The molecule has 3 aromatic rings. The molecule has 2 N–H and O–H groups in total. The number of anilines is 1. The van der Waals surface area contributed by atoms with Crippen molar-refractivity contribution in [2.75, 3.05) is 11.9 Å². The Morgan fingerprint density at radius 3 is 2.56 bits per heavy atom. The van der Waals surface area contributed by atoms with Crippen molar-refractivity contribution < 1.29 is 14.3 Å². The molecule has 0 aliphatic rings. The van der Waals surface area contributed by atoms with E-state index in [4.69, 9.17) is 39.5 Å². The number of ether oxygens (including phenoxy) is 1. The summed E-state index contributed by atoms with van der Waals surface area (Å²) in [6.45, 7) is -0.491. The van der Waals surface area contributed by atoms with Gasteiger partial charge in [-0.3, -0.25) is 9.89 Å². The van der Waals surface area contributed by atoms with Crippen LogP contribution in [0.5, 0.6) is 0 Å². The van der Waals surface area contributed by atoms with E-state index in [0.717, 1.165) is 5.39 Å². The van der Waals surface area contributed by atoms with E-state index in [1.54, 1.807) is 24.4 Å². The number of nitrogens with zero attached hydrogens (tertiary/aromatic N) is 1. The Balaban J connectivity index is 1.63. The second kappa shape index (κ2) is 7.31. The second-order valence-corrected chi connectivity index (χ2v) is 6.29. The minimum Gasteiger partial charge on any atom is -0.452 e. The Hall–Kier alpha value is -2.28. The van der Waals surface area contributed by atoms with Crippen LogP contribution in [0.4, 0.5) is 5.69 Å². The number of halogens is 3. The van der Waals surface area contributed by atoms with Crippen LogP contribution in [-0.4, -0.2) is 28.7 Å². The summed E-state index contributed by atoms with van der Waals surface area (Å²) in [6.07, 6.45) is 1.64. The molecule has 0 aliphatic heterocycles. The van der Waals surface area contributed by atoms with E-state index in [2.05, 4.69) is 15.5 Å². The van der Waals surface area contributed by atoms with Crippen LogP contribution in [0.3, 0.4) is 0 Å². The number of carbonyl (C=O) groups excluding carboxylic acids is 2. The van der Waals surface area contributed by atoms with Crippen molar-refractivity contribution in [2.24, 2.45) is 0 Å². The van der Waals surface area contributed by atoms with E-state index in [1.807, 2.05) is 0 Å². The summed E-state index contributed by atoms with van der Waals surface area (Å²) in [7, 11) is 0. The van der Waals surface area contributed by atoms with Gasteiger partial charge in [0.2, 0.25) is 0 Å². The third-order valence-electron chi connectivity index (χ3n) is 3.28. The van der Waals surface area contributed by atoms with Crippen LogP contribution in [0, 0.1) is 0 Å². The van der Waals surface area contributed by atoms with Gasteiger partial charge in [-0.25, -0.2) is 4.79 Å². The summed E-state index contributed by atoms with van der Waals surface area (Å²) in [5.74, 6) is -1.22. The van der Waals surface area contributed by atoms with Crippen LogP contribution in [0.15, 0.2) is 36.5 Å². The lowest BCUT2D eigenvalue weighted by molar-refractivity contribution is -0.119. The molecule has 0 atom stereocenters. The molecule has 1 aromatic heterocycles. The Bertz CT molecular complexity index is 948. The largest absolute Gasteiger partial charge is 0.452 e. The minimum atomic E-state index is -0.639. The van der Waals surface area contributed by atoms with Gasteiger partial charge in [0.05, 0.1) is 33.0 Å². The molecule has 1 amide bonds. The molecule has 9 heteroatoms. The Kier molecular flexibility index (Phi) is 5.13. The minimum absolute atomic E-state index is 0.182. The van der Waals surface area contributed by atoms with Gasteiger partial charge in [-0.2, -0.15) is 5.10 Å². The highest BCUT2D eigenvalue weighted by Crippen LogP contribution is 2.33. The van der Waals surface area contributed by atoms with Gasteiger partial charge in [-0.15, -0.1) is 0 Å². The second-order valence-electron chi connectivity index (χ2n) is 5.04. The number of hydrogen-bond acceptors (Lipinski definition) is 4. The van der Waals surface area contributed by atoms with Gasteiger partial charge in [0.15, 0.2) is 6.61 Å². The number of rotatable bonds is 4. The molecule has 0 aliphatic carbocycles. The molecule has 0 unspecified atom stereocenters. The zero-order chi connectivity index (χ0) is 18.0. The van der Waals surface area contributed by atoms with Gasteiger partial charge in [0, 0.05) is 10.4 Å². The first kappa shape index (κ1) is 17.5. The molecule has 0 fully saturated rings. The maximum atomic E-state index is 12.0. The number of amides is 1. The number of hydrogen-bond donors (Lipinski definition) is 2. The van der Waals surface area contributed by atoms with Gasteiger partial charge in [-0.1, -0.05) is 40.9 Å². The zero-order valence-corrected chi connectivity index (χ0v) is 14.7. The Labute approximate surface area is 157 Å². The van der Waals surface area contributed by atoms with Crippen molar-refractivity contribution >= 4 is 63.3 Å². The SMILES string of the molecule is O=C(COC(=O)c1ccc2cn[nH]c2c1)Nc1c(Cl)cc(Cl)cc1Cl. The normalized spacial score (nSPS) is 10.7. The molecule has 0 spiro atoms. The third-order valence-corrected chi connectivity index (χ3v) is 4.10. The number of fused-ring (bicyclic) bond motifs is 1. The summed E-state index contributed by atoms with van der Waals surface area (Å²) in [5.41, 5.74) is 1.19. The fraction of sp³-hybridized carbons (Fsp3) is 0.0625.